The third kappa shape index (κ3) is 8.01. The topological polar surface area (TPSA) is 177 Å². The smallest absolute Gasteiger partial charge is 0.407 e. The van der Waals surface area contributed by atoms with Crippen molar-refractivity contribution in [3.63, 3.8) is 0 Å². The molecule has 0 radical (unpaired) electrons. The number of ether oxygens (including phenoxy) is 1. The molecule has 2 aromatic rings. The maximum Gasteiger partial charge on any atom is 0.407 e. The summed E-state index contributed by atoms with van der Waals surface area (Å²) in [5.74, 6) is -0.553. The van der Waals surface area contributed by atoms with E-state index in [0.29, 0.717) is 5.56 Å². The van der Waals surface area contributed by atoms with E-state index in [4.69, 9.17) is 9.84 Å². The highest BCUT2D eigenvalue weighted by atomic mass is 32.2. The number of carbonyl (C=O) groups excluding carboxylic acids is 2. The molecule has 0 saturated carbocycles. The predicted octanol–water partition coefficient (Wildman–Crippen LogP) is 2.74. The summed E-state index contributed by atoms with van der Waals surface area (Å²) in [5, 5.41) is 25.4. The molecular weight excluding hydrogens is 468 g/mol. The molecule has 184 valence electrons. The molecule has 0 fully saturated rings. The van der Waals surface area contributed by atoms with Crippen LogP contribution in [0.2, 0.25) is 0 Å². The van der Waals surface area contributed by atoms with E-state index in [-0.39, 0.29) is 30.9 Å². The van der Waals surface area contributed by atoms with Gasteiger partial charge < -0.3 is 20.5 Å². The van der Waals surface area contributed by atoms with Gasteiger partial charge in [-0.05, 0) is 50.6 Å². The zero-order valence-corrected chi connectivity index (χ0v) is 19.6. The number of hydrogen-bond donors (Lipinski definition) is 4. The van der Waals surface area contributed by atoms with Crippen molar-refractivity contribution in [2.75, 3.05) is 16.6 Å². The monoisotopic (exact) mass is 494 g/mol. The van der Waals surface area contributed by atoms with Gasteiger partial charge in [0.05, 0.1) is 11.5 Å². The number of nitro groups is 1. The first-order chi connectivity index (χ1) is 15.8. The fourth-order valence-corrected chi connectivity index (χ4v) is 3.88. The van der Waals surface area contributed by atoms with Crippen LogP contribution < -0.4 is 15.4 Å². The van der Waals surface area contributed by atoms with E-state index in [9.17, 15) is 28.1 Å². The van der Waals surface area contributed by atoms with Crippen molar-refractivity contribution in [2.45, 2.75) is 44.3 Å². The van der Waals surface area contributed by atoms with Gasteiger partial charge in [-0.25, -0.2) is 13.2 Å². The third-order valence-corrected chi connectivity index (χ3v) is 5.57. The van der Waals surface area contributed by atoms with Crippen molar-refractivity contribution in [3.05, 3.63) is 58.1 Å². The van der Waals surface area contributed by atoms with Crippen molar-refractivity contribution in [2.24, 2.45) is 0 Å². The summed E-state index contributed by atoms with van der Waals surface area (Å²) in [4.78, 5) is 33.8. The second kappa shape index (κ2) is 10.9. The van der Waals surface area contributed by atoms with E-state index in [1.807, 2.05) is 0 Å². The zero-order valence-electron chi connectivity index (χ0n) is 18.8. The predicted molar refractivity (Wildman–Crippen MR) is 124 cm³/mol. The molecule has 0 atom stereocenters. The number of aliphatic hydroxyl groups is 1. The molecule has 0 aliphatic carbocycles. The fraction of sp³-hybridized carbons (Fsp3) is 0.333. The number of rotatable bonds is 9. The summed E-state index contributed by atoms with van der Waals surface area (Å²) in [5.41, 5.74) is -0.688. The highest BCUT2D eigenvalue weighted by molar-refractivity contribution is 7.92. The van der Waals surface area contributed by atoms with E-state index >= 15 is 0 Å². The number of alkyl carbamates (subject to hydrolysis) is 1. The third-order valence-electron chi connectivity index (χ3n) is 4.14. The summed E-state index contributed by atoms with van der Waals surface area (Å²) in [6, 6.07) is 8.99. The zero-order chi connectivity index (χ0) is 25.5. The Kier molecular flexibility index (Phi) is 8.54. The average molecular weight is 495 g/mol. The summed E-state index contributed by atoms with van der Waals surface area (Å²) in [6.07, 6.45) is -0.831. The number of amides is 2. The number of nitro benzene ring substituents is 1. The molecule has 2 amide bonds. The fourth-order valence-electron chi connectivity index (χ4n) is 2.67. The molecule has 0 aliphatic rings. The lowest BCUT2D eigenvalue weighted by atomic mass is 10.2. The lowest BCUT2D eigenvalue weighted by molar-refractivity contribution is -0.387. The molecular formula is C21H26N4O8S. The van der Waals surface area contributed by atoms with Crippen molar-refractivity contribution >= 4 is 39.1 Å². The van der Waals surface area contributed by atoms with Crippen LogP contribution in [0, 0.1) is 10.1 Å². The van der Waals surface area contributed by atoms with E-state index in [1.54, 1.807) is 20.8 Å². The molecule has 2 rings (SSSR count). The first-order valence-electron chi connectivity index (χ1n) is 10.1. The van der Waals surface area contributed by atoms with Crippen LogP contribution in [0.4, 0.5) is 21.9 Å². The Hall–Kier alpha value is -3.71. The standard InChI is InChI=1S/C21H26N4O8S/c1-21(2,3)33-20(28)22-11-10-19(27)23-16-8-9-18(17(12-16)25(29)30)34(31,32)24-15-6-4-14(13-26)5-7-15/h4-9,12,24,26H,10-11,13H2,1-3H3,(H,22,28)(H,23,27). The van der Waals surface area contributed by atoms with Gasteiger partial charge in [0.25, 0.3) is 15.7 Å². The largest absolute Gasteiger partial charge is 0.444 e. The van der Waals surface area contributed by atoms with Gasteiger partial charge >= 0.3 is 6.09 Å². The molecule has 0 heterocycles. The Labute approximate surface area is 196 Å². The molecule has 0 unspecified atom stereocenters. The minimum absolute atomic E-state index is 0.0141. The van der Waals surface area contributed by atoms with Gasteiger partial charge in [-0.15, -0.1) is 0 Å². The number of anilines is 2. The van der Waals surface area contributed by atoms with Crippen LogP contribution in [0.15, 0.2) is 47.4 Å². The normalized spacial score (nSPS) is 11.4. The molecule has 2 aromatic carbocycles. The van der Waals surface area contributed by atoms with Crippen LogP contribution >= 0.6 is 0 Å². The second-order valence-electron chi connectivity index (χ2n) is 8.13. The summed E-state index contributed by atoms with van der Waals surface area (Å²) in [7, 11) is -4.32. The van der Waals surface area contributed by atoms with Crippen molar-refractivity contribution in [1.82, 2.24) is 5.32 Å². The Balaban J connectivity index is 2.08. The van der Waals surface area contributed by atoms with Crippen LogP contribution in [0.1, 0.15) is 32.8 Å². The first kappa shape index (κ1) is 26.5. The number of sulfonamides is 1. The molecule has 4 N–H and O–H groups in total. The number of carbonyl (C=O) groups is 2. The number of nitrogens with zero attached hydrogens (tertiary/aromatic N) is 1. The summed E-state index contributed by atoms with van der Waals surface area (Å²) < 4.78 is 32.7. The number of aliphatic hydroxyl groups excluding tert-OH is 1. The average Bonchev–Trinajstić information content (AvgIpc) is 2.72. The van der Waals surface area contributed by atoms with Gasteiger partial charge in [-0.1, -0.05) is 12.1 Å². The van der Waals surface area contributed by atoms with Crippen LogP contribution in [0.5, 0.6) is 0 Å². The molecule has 12 nitrogen and oxygen atoms in total. The van der Waals surface area contributed by atoms with Crippen LogP contribution in [0.25, 0.3) is 0 Å². The Morgan fingerprint density at radius 3 is 2.26 bits per heavy atom. The van der Waals surface area contributed by atoms with E-state index in [2.05, 4.69) is 15.4 Å². The Bertz CT molecular complexity index is 1160. The van der Waals surface area contributed by atoms with Gasteiger partial charge in [0.2, 0.25) is 5.91 Å². The van der Waals surface area contributed by atoms with E-state index in [0.717, 1.165) is 12.1 Å². The van der Waals surface area contributed by atoms with Crippen LogP contribution in [-0.2, 0) is 26.2 Å². The maximum absolute atomic E-state index is 12.7. The Morgan fingerprint density at radius 2 is 1.71 bits per heavy atom. The van der Waals surface area contributed by atoms with Crippen molar-refractivity contribution in [1.29, 1.82) is 0 Å². The van der Waals surface area contributed by atoms with Gasteiger partial charge in [0.1, 0.15) is 5.60 Å². The lowest BCUT2D eigenvalue weighted by Crippen LogP contribution is -2.34. The van der Waals surface area contributed by atoms with Gasteiger partial charge in [-0.2, -0.15) is 0 Å². The highest BCUT2D eigenvalue weighted by Gasteiger charge is 2.27. The molecule has 0 aromatic heterocycles. The van der Waals surface area contributed by atoms with Crippen LogP contribution in [-0.4, -0.2) is 42.6 Å². The number of benzene rings is 2. The van der Waals surface area contributed by atoms with Gasteiger partial charge in [-0.3, -0.25) is 19.6 Å². The summed E-state index contributed by atoms with van der Waals surface area (Å²) >= 11 is 0. The highest BCUT2D eigenvalue weighted by Crippen LogP contribution is 2.29. The first-order valence-corrected chi connectivity index (χ1v) is 11.6. The Morgan fingerprint density at radius 1 is 1.09 bits per heavy atom. The molecule has 13 heteroatoms. The van der Waals surface area contributed by atoms with Gasteiger partial charge in [0, 0.05) is 30.4 Å². The molecule has 0 aliphatic heterocycles. The van der Waals surface area contributed by atoms with Crippen LogP contribution in [0.3, 0.4) is 0 Å². The molecule has 0 bridgehead atoms. The van der Waals surface area contributed by atoms with Crippen molar-refractivity contribution < 1.29 is 32.8 Å². The minimum atomic E-state index is -4.32. The van der Waals surface area contributed by atoms with E-state index in [1.165, 1.54) is 30.3 Å². The van der Waals surface area contributed by atoms with E-state index < -0.39 is 43.1 Å². The maximum atomic E-state index is 12.7. The lowest BCUT2D eigenvalue weighted by Gasteiger charge is -2.19. The number of nitrogens with one attached hydrogen (secondary N) is 3. The molecule has 0 saturated heterocycles. The SMILES string of the molecule is CC(C)(C)OC(=O)NCCC(=O)Nc1ccc(S(=O)(=O)Nc2ccc(CO)cc2)c([N+](=O)[O-])c1. The second-order valence-corrected chi connectivity index (χ2v) is 9.78. The molecule has 34 heavy (non-hydrogen) atoms. The molecule has 0 spiro atoms. The minimum Gasteiger partial charge on any atom is -0.444 e. The number of hydrogen-bond acceptors (Lipinski definition) is 8. The summed E-state index contributed by atoms with van der Waals surface area (Å²) in [6.45, 7) is 4.83. The van der Waals surface area contributed by atoms with Gasteiger partial charge in [0.15, 0.2) is 4.90 Å². The van der Waals surface area contributed by atoms with Crippen molar-refractivity contribution in [3.8, 4) is 0 Å². The quantitative estimate of drug-likeness (QED) is 0.304.